The number of sulfonamides is 1. The molecule has 1 aliphatic rings. The minimum absolute atomic E-state index is 0.176. The molecule has 162 valence electrons. The van der Waals surface area contributed by atoms with E-state index in [4.69, 9.17) is 0 Å². The summed E-state index contributed by atoms with van der Waals surface area (Å²) in [5.74, 6) is -0.603. The number of piperidine rings is 1. The average Bonchev–Trinajstić information content (AvgIpc) is 2.75. The van der Waals surface area contributed by atoms with E-state index in [1.807, 2.05) is 0 Å². The monoisotopic (exact) mass is 433 g/mol. The van der Waals surface area contributed by atoms with Crippen LogP contribution in [0, 0.1) is 5.82 Å². The van der Waals surface area contributed by atoms with Crippen molar-refractivity contribution >= 4 is 21.6 Å². The van der Waals surface area contributed by atoms with Crippen molar-refractivity contribution < 1.29 is 17.6 Å². The molecule has 30 heavy (non-hydrogen) atoms. The minimum atomic E-state index is -3.57. The highest BCUT2D eigenvalue weighted by Crippen LogP contribution is 2.23. The first-order valence-electron chi connectivity index (χ1n) is 10.1. The lowest BCUT2D eigenvalue weighted by Gasteiger charge is -2.26. The lowest BCUT2D eigenvalue weighted by molar-refractivity contribution is -0.120. The number of carbonyl (C=O) groups is 1. The van der Waals surface area contributed by atoms with E-state index in [1.165, 1.54) is 16.4 Å². The van der Waals surface area contributed by atoms with Gasteiger partial charge < -0.3 is 5.32 Å². The van der Waals surface area contributed by atoms with Crippen LogP contribution in [0.1, 0.15) is 31.7 Å². The number of rotatable bonds is 7. The van der Waals surface area contributed by atoms with Crippen LogP contribution in [0.25, 0.3) is 0 Å². The molecule has 1 heterocycles. The lowest BCUT2D eigenvalue weighted by atomic mass is 10.1. The van der Waals surface area contributed by atoms with Crippen LogP contribution in [-0.2, 0) is 21.4 Å². The molecule has 0 spiro atoms. The fourth-order valence-corrected chi connectivity index (χ4v) is 5.03. The SMILES string of the molecule is CC(C(=O)Nc1cccc(S(=O)(=O)N2CCCCC2)c1)N(C)Cc1ccccc1F. The van der Waals surface area contributed by atoms with Gasteiger partial charge in [-0.2, -0.15) is 4.31 Å². The van der Waals surface area contributed by atoms with Gasteiger partial charge >= 0.3 is 0 Å². The highest BCUT2D eigenvalue weighted by atomic mass is 32.2. The fourth-order valence-electron chi connectivity index (χ4n) is 3.47. The van der Waals surface area contributed by atoms with Gasteiger partial charge in [-0.25, -0.2) is 12.8 Å². The molecule has 1 aliphatic heterocycles. The number of halogens is 1. The molecule has 2 aromatic rings. The number of hydrogen-bond donors (Lipinski definition) is 1. The molecule has 0 saturated carbocycles. The Labute approximate surface area is 177 Å². The summed E-state index contributed by atoms with van der Waals surface area (Å²) in [6, 6.07) is 12.3. The Hall–Kier alpha value is -2.29. The van der Waals surface area contributed by atoms with Crippen LogP contribution in [0.15, 0.2) is 53.4 Å². The van der Waals surface area contributed by atoms with Gasteiger partial charge in [0, 0.05) is 30.9 Å². The molecule has 0 radical (unpaired) electrons. The standard InChI is InChI=1S/C22H28FN3O3S/c1-17(25(2)16-18-9-4-5-12-21(18)23)22(27)24-19-10-8-11-20(15-19)30(28,29)26-13-6-3-7-14-26/h4-5,8-12,15,17H,3,6-7,13-14,16H2,1-2H3,(H,24,27). The van der Waals surface area contributed by atoms with E-state index in [0.29, 0.717) is 24.3 Å². The number of nitrogens with one attached hydrogen (secondary N) is 1. The van der Waals surface area contributed by atoms with Crippen molar-refractivity contribution in [3.63, 3.8) is 0 Å². The molecule has 1 atom stereocenters. The van der Waals surface area contributed by atoms with Crippen LogP contribution in [-0.4, -0.2) is 49.7 Å². The number of amides is 1. The number of anilines is 1. The smallest absolute Gasteiger partial charge is 0.243 e. The molecule has 1 unspecified atom stereocenters. The second-order valence-electron chi connectivity index (χ2n) is 7.66. The van der Waals surface area contributed by atoms with Crippen molar-refractivity contribution in [2.24, 2.45) is 0 Å². The number of likely N-dealkylation sites (N-methyl/N-ethyl adjacent to an activating group) is 1. The molecule has 3 rings (SSSR count). The van der Waals surface area contributed by atoms with Crippen molar-refractivity contribution in [2.45, 2.75) is 43.7 Å². The van der Waals surface area contributed by atoms with Gasteiger partial charge in [0.25, 0.3) is 0 Å². The zero-order valence-corrected chi connectivity index (χ0v) is 18.2. The Morgan fingerprint density at radius 2 is 1.83 bits per heavy atom. The van der Waals surface area contributed by atoms with Crippen molar-refractivity contribution in [1.29, 1.82) is 0 Å². The topological polar surface area (TPSA) is 69.7 Å². The summed E-state index contributed by atoms with van der Waals surface area (Å²) in [5, 5.41) is 2.78. The zero-order chi connectivity index (χ0) is 21.7. The largest absolute Gasteiger partial charge is 0.325 e. The van der Waals surface area contributed by atoms with Gasteiger partial charge in [-0.3, -0.25) is 9.69 Å². The second kappa shape index (κ2) is 9.68. The maximum Gasteiger partial charge on any atom is 0.243 e. The molecule has 1 fully saturated rings. The Morgan fingerprint density at radius 1 is 1.13 bits per heavy atom. The van der Waals surface area contributed by atoms with Gasteiger partial charge in [0.2, 0.25) is 15.9 Å². The molecule has 0 aromatic heterocycles. The summed E-state index contributed by atoms with van der Waals surface area (Å²) in [5.41, 5.74) is 0.929. The lowest BCUT2D eigenvalue weighted by Crippen LogP contribution is -2.39. The van der Waals surface area contributed by atoms with Gasteiger partial charge in [-0.15, -0.1) is 0 Å². The first-order chi connectivity index (χ1) is 14.3. The van der Waals surface area contributed by atoms with E-state index in [1.54, 1.807) is 55.3 Å². The van der Waals surface area contributed by atoms with Crippen molar-refractivity contribution in [2.75, 3.05) is 25.5 Å². The molecule has 1 N–H and O–H groups in total. The van der Waals surface area contributed by atoms with E-state index in [0.717, 1.165) is 19.3 Å². The molecule has 2 aromatic carbocycles. The van der Waals surface area contributed by atoms with Crippen LogP contribution in [0.2, 0.25) is 0 Å². The second-order valence-corrected chi connectivity index (χ2v) is 9.60. The summed E-state index contributed by atoms with van der Waals surface area (Å²) in [6.07, 6.45) is 2.77. The fraction of sp³-hybridized carbons (Fsp3) is 0.409. The average molecular weight is 434 g/mol. The predicted molar refractivity (Wildman–Crippen MR) is 115 cm³/mol. The highest BCUT2D eigenvalue weighted by molar-refractivity contribution is 7.89. The molecule has 1 amide bonds. The van der Waals surface area contributed by atoms with Crippen LogP contribution in [0.5, 0.6) is 0 Å². The highest BCUT2D eigenvalue weighted by Gasteiger charge is 2.26. The third-order valence-electron chi connectivity index (χ3n) is 5.47. The number of benzene rings is 2. The number of hydrogen-bond acceptors (Lipinski definition) is 4. The Kier molecular flexibility index (Phi) is 7.23. The maximum atomic E-state index is 13.9. The third-order valence-corrected chi connectivity index (χ3v) is 7.37. The predicted octanol–water partition coefficient (Wildman–Crippen LogP) is 3.46. The molecule has 1 saturated heterocycles. The van der Waals surface area contributed by atoms with Gasteiger partial charge in [-0.05, 0) is 51.1 Å². The quantitative estimate of drug-likeness (QED) is 0.726. The van der Waals surface area contributed by atoms with E-state index in [9.17, 15) is 17.6 Å². The summed E-state index contributed by atoms with van der Waals surface area (Å²) in [6.45, 7) is 3.06. The van der Waals surface area contributed by atoms with Crippen LogP contribution >= 0.6 is 0 Å². The number of carbonyl (C=O) groups excluding carboxylic acids is 1. The van der Waals surface area contributed by atoms with Gasteiger partial charge in [0.1, 0.15) is 5.82 Å². The van der Waals surface area contributed by atoms with Gasteiger partial charge in [-0.1, -0.05) is 30.7 Å². The van der Waals surface area contributed by atoms with E-state index in [2.05, 4.69) is 5.32 Å². The first-order valence-corrected chi connectivity index (χ1v) is 11.6. The zero-order valence-electron chi connectivity index (χ0n) is 17.3. The number of nitrogens with zero attached hydrogens (tertiary/aromatic N) is 2. The van der Waals surface area contributed by atoms with E-state index in [-0.39, 0.29) is 23.2 Å². The van der Waals surface area contributed by atoms with Gasteiger partial charge in [0.15, 0.2) is 0 Å². The molecular formula is C22H28FN3O3S. The van der Waals surface area contributed by atoms with Crippen molar-refractivity contribution in [1.82, 2.24) is 9.21 Å². The maximum absolute atomic E-state index is 13.9. The summed E-state index contributed by atoms with van der Waals surface area (Å²) in [7, 11) is -1.83. The summed E-state index contributed by atoms with van der Waals surface area (Å²) < 4.78 is 41.1. The Morgan fingerprint density at radius 3 is 2.53 bits per heavy atom. The minimum Gasteiger partial charge on any atom is -0.325 e. The van der Waals surface area contributed by atoms with Crippen LogP contribution in [0.4, 0.5) is 10.1 Å². The molecular weight excluding hydrogens is 405 g/mol. The molecule has 8 heteroatoms. The first kappa shape index (κ1) is 22.4. The van der Waals surface area contributed by atoms with Crippen LogP contribution < -0.4 is 5.32 Å². The summed E-state index contributed by atoms with van der Waals surface area (Å²) >= 11 is 0. The van der Waals surface area contributed by atoms with Crippen LogP contribution in [0.3, 0.4) is 0 Å². The Balaban J connectivity index is 1.67. The Bertz CT molecular complexity index is 991. The van der Waals surface area contributed by atoms with Crippen molar-refractivity contribution in [3.05, 3.63) is 59.9 Å². The van der Waals surface area contributed by atoms with E-state index < -0.39 is 16.1 Å². The van der Waals surface area contributed by atoms with Gasteiger partial charge in [0.05, 0.1) is 10.9 Å². The van der Waals surface area contributed by atoms with Crippen molar-refractivity contribution in [3.8, 4) is 0 Å². The third kappa shape index (κ3) is 5.24. The van der Waals surface area contributed by atoms with E-state index >= 15 is 0 Å². The normalized spacial score (nSPS) is 16.4. The molecule has 0 bridgehead atoms. The summed E-state index contributed by atoms with van der Waals surface area (Å²) in [4.78, 5) is 14.6. The molecule has 0 aliphatic carbocycles. The molecule has 6 nitrogen and oxygen atoms in total.